The van der Waals surface area contributed by atoms with E-state index in [2.05, 4.69) is 0 Å². The first-order valence-corrected chi connectivity index (χ1v) is 8.96. The summed E-state index contributed by atoms with van der Waals surface area (Å²) < 4.78 is 33.2. The molecule has 7 nitrogen and oxygen atoms in total. The molecule has 0 radical (unpaired) electrons. The van der Waals surface area contributed by atoms with Crippen molar-refractivity contribution in [2.24, 2.45) is 11.7 Å². The maximum atomic E-state index is 12.7. The van der Waals surface area contributed by atoms with Crippen LogP contribution in [0.1, 0.15) is 33.1 Å². The van der Waals surface area contributed by atoms with Gasteiger partial charge in [0.15, 0.2) is 0 Å². The summed E-state index contributed by atoms with van der Waals surface area (Å²) in [6.45, 7) is 5.18. The first-order valence-electron chi connectivity index (χ1n) is 7.57. The summed E-state index contributed by atoms with van der Waals surface area (Å²) in [5.41, 5.74) is 5.86. The molecule has 2 fully saturated rings. The van der Waals surface area contributed by atoms with Crippen molar-refractivity contribution in [3.63, 3.8) is 0 Å². The number of ether oxygens (including phenoxy) is 1. The van der Waals surface area contributed by atoms with Gasteiger partial charge in [-0.15, -0.1) is 0 Å². The molecule has 0 spiro atoms. The second-order valence-electron chi connectivity index (χ2n) is 5.79. The van der Waals surface area contributed by atoms with E-state index in [0.29, 0.717) is 32.5 Å². The molecule has 2 heterocycles. The molecule has 2 rings (SSSR count). The summed E-state index contributed by atoms with van der Waals surface area (Å²) in [6, 6.07) is -0.700. The number of hydrogen-bond acceptors (Lipinski definition) is 5. The van der Waals surface area contributed by atoms with E-state index in [1.54, 1.807) is 6.92 Å². The van der Waals surface area contributed by atoms with Crippen molar-refractivity contribution in [2.45, 2.75) is 45.2 Å². The van der Waals surface area contributed by atoms with Crippen molar-refractivity contribution in [2.75, 3.05) is 26.2 Å². The fourth-order valence-corrected chi connectivity index (χ4v) is 4.92. The van der Waals surface area contributed by atoms with E-state index in [4.69, 9.17) is 10.5 Å². The fourth-order valence-electron chi connectivity index (χ4n) is 3.03. The molecule has 8 heteroatoms. The Morgan fingerprint density at radius 1 is 1.38 bits per heavy atom. The standard InChI is InChI=1S/C13H25N3O4S/c1-3-20-13(17)12-5-4-7-16(12)21(18,19)15-8-6-11(9-15)10(2)14/h10-12H,3-9,14H2,1-2H3. The highest BCUT2D eigenvalue weighted by Gasteiger charge is 2.44. The minimum atomic E-state index is -3.61. The molecule has 21 heavy (non-hydrogen) atoms. The first kappa shape index (κ1) is 16.7. The molecule has 2 saturated heterocycles. The molecule has 0 bridgehead atoms. The molecule has 0 amide bonds. The normalized spacial score (nSPS) is 29.7. The van der Waals surface area contributed by atoms with Gasteiger partial charge in [0, 0.05) is 25.7 Å². The predicted octanol–water partition coefficient (Wildman–Crippen LogP) is -0.0722. The maximum absolute atomic E-state index is 12.7. The van der Waals surface area contributed by atoms with Crippen LogP contribution < -0.4 is 5.73 Å². The minimum Gasteiger partial charge on any atom is -0.465 e. The Balaban J connectivity index is 2.10. The van der Waals surface area contributed by atoms with E-state index in [1.165, 1.54) is 8.61 Å². The van der Waals surface area contributed by atoms with E-state index < -0.39 is 22.2 Å². The molecular formula is C13H25N3O4S. The third-order valence-electron chi connectivity index (χ3n) is 4.32. The van der Waals surface area contributed by atoms with Gasteiger partial charge in [0.25, 0.3) is 10.2 Å². The van der Waals surface area contributed by atoms with Gasteiger partial charge >= 0.3 is 5.97 Å². The van der Waals surface area contributed by atoms with Gasteiger partial charge in [0.1, 0.15) is 6.04 Å². The molecule has 0 saturated carbocycles. The Morgan fingerprint density at radius 3 is 2.67 bits per heavy atom. The van der Waals surface area contributed by atoms with Gasteiger partial charge in [-0.2, -0.15) is 17.0 Å². The lowest BCUT2D eigenvalue weighted by Gasteiger charge is -2.27. The van der Waals surface area contributed by atoms with E-state index >= 15 is 0 Å². The van der Waals surface area contributed by atoms with Crippen LogP contribution in [0.15, 0.2) is 0 Å². The summed E-state index contributed by atoms with van der Waals surface area (Å²) in [5, 5.41) is 0. The average Bonchev–Trinajstić information content (AvgIpc) is 3.09. The molecule has 122 valence electrons. The van der Waals surface area contributed by atoms with Crippen LogP contribution in [0.5, 0.6) is 0 Å². The summed E-state index contributed by atoms with van der Waals surface area (Å²) in [6.07, 6.45) is 1.99. The van der Waals surface area contributed by atoms with Crippen molar-refractivity contribution < 1.29 is 17.9 Å². The lowest BCUT2D eigenvalue weighted by molar-refractivity contribution is -0.146. The predicted molar refractivity (Wildman–Crippen MR) is 78.6 cm³/mol. The third kappa shape index (κ3) is 3.39. The Bertz CT molecular complexity index is 480. The molecular weight excluding hydrogens is 294 g/mol. The van der Waals surface area contributed by atoms with Crippen LogP contribution in [0.2, 0.25) is 0 Å². The number of carbonyl (C=O) groups is 1. The summed E-state index contributed by atoms with van der Waals surface area (Å²) >= 11 is 0. The zero-order chi connectivity index (χ0) is 15.6. The molecule has 0 aromatic heterocycles. The van der Waals surface area contributed by atoms with Gasteiger partial charge < -0.3 is 10.5 Å². The maximum Gasteiger partial charge on any atom is 0.324 e. The zero-order valence-electron chi connectivity index (χ0n) is 12.7. The van der Waals surface area contributed by atoms with Gasteiger partial charge in [-0.1, -0.05) is 0 Å². The Hall–Kier alpha value is -0.700. The monoisotopic (exact) mass is 319 g/mol. The van der Waals surface area contributed by atoms with Crippen LogP contribution in [-0.2, 0) is 19.7 Å². The Kier molecular flexibility index (Phi) is 5.24. The second kappa shape index (κ2) is 6.60. The van der Waals surface area contributed by atoms with Crippen molar-refractivity contribution in [1.29, 1.82) is 0 Å². The second-order valence-corrected chi connectivity index (χ2v) is 7.68. The molecule has 0 aromatic rings. The van der Waals surface area contributed by atoms with Crippen LogP contribution >= 0.6 is 0 Å². The SMILES string of the molecule is CCOC(=O)C1CCCN1S(=O)(=O)N1CCC(C(C)N)C1. The van der Waals surface area contributed by atoms with E-state index in [1.807, 2.05) is 6.92 Å². The van der Waals surface area contributed by atoms with Crippen LogP contribution in [0.4, 0.5) is 0 Å². The van der Waals surface area contributed by atoms with Gasteiger partial charge in [-0.3, -0.25) is 4.79 Å². The number of hydrogen-bond donors (Lipinski definition) is 1. The topological polar surface area (TPSA) is 92.9 Å². The minimum absolute atomic E-state index is 0.0235. The molecule has 0 aromatic carbocycles. The molecule has 0 aliphatic carbocycles. The van der Waals surface area contributed by atoms with Crippen molar-refractivity contribution in [3.8, 4) is 0 Å². The van der Waals surface area contributed by atoms with E-state index in [-0.39, 0.29) is 18.6 Å². The van der Waals surface area contributed by atoms with Crippen molar-refractivity contribution in [3.05, 3.63) is 0 Å². The van der Waals surface area contributed by atoms with Gasteiger partial charge in [0.2, 0.25) is 0 Å². The lowest BCUT2D eigenvalue weighted by atomic mass is 10.0. The Morgan fingerprint density at radius 2 is 2.10 bits per heavy atom. The van der Waals surface area contributed by atoms with Crippen molar-refractivity contribution >= 4 is 16.2 Å². The number of carbonyl (C=O) groups excluding carboxylic acids is 1. The zero-order valence-corrected chi connectivity index (χ0v) is 13.5. The molecule has 3 atom stereocenters. The lowest BCUT2D eigenvalue weighted by Crippen LogP contribution is -2.48. The van der Waals surface area contributed by atoms with Gasteiger partial charge in [-0.25, -0.2) is 0 Å². The highest BCUT2D eigenvalue weighted by molar-refractivity contribution is 7.86. The molecule has 3 unspecified atom stereocenters. The fraction of sp³-hybridized carbons (Fsp3) is 0.923. The molecule has 2 N–H and O–H groups in total. The highest BCUT2D eigenvalue weighted by atomic mass is 32.2. The van der Waals surface area contributed by atoms with Crippen LogP contribution in [0, 0.1) is 5.92 Å². The number of nitrogens with zero attached hydrogens (tertiary/aromatic N) is 2. The molecule has 2 aliphatic rings. The van der Waals surface area contributed by atoms with Gasteiger partial charge in [-0.05, 0) is 39.0 Å². The summed E-state index contributed by atoms with van der Waals surface area (Å²) in [5.74, 6) is -0.259. The van der Waals surface area contributed by atoms with Crippen LogP contribution in [0.25, 0.3) is 0 Å². The molecule has 2 aliphatic heterocycles. The summed E-state index contributed by atoms with van der Waals surface area (Å²) in [4.78, 5) is 11.9. The largest absolute Gasteiger partial charge is 0.465 e. The number of rotatable bonds is 5. The van der Waals surface area contributed by atoms with Crippen LogP contribution in [-0.4, -0.2) is 61.3 Å². The quantitative estimate of drug-likeness (QED) is 0.716. The smallest absolute Gasteiger partial charge is 0.324 e. The van der Waals surface area contributed by atoms with E-state index in [0.717, 1.165) is 6.42 Å². The van der Waals surface area contributed by atoms with Crippen molar-refractivity contribution in [1.82, 2.24) is 8.61 Å². The number of nitrogens with two attached hydrogens (primary N) is 1. The van der Waals surface area contributed by atoms with Crippen LogP contribution in [0.3, 0.4) is 0 Å². The van der Waals surface area contributed by atoms with Gasteiger partial charge in [0.05, 0.1) is 6.61 Å². The highest BCUT2D eigenvalue weighted by Crippen LogP contribution is 2.28. The summed E-state index contributed by atoms with van der Waals surface area (Å²) in [7, 11) is -3.61. The first-order chi connectivity index (χ1) is 9.87. The third-order valence-corrected chi connectivity index (χ3v) is 6.33. The average molecular weight is 319 g/mol. The number of esters is 1. The van der Waals surface area contributed by atoms with E-state index in [9.17, 15) is 13.2 Å². The Labute approximate surface area is 126 Å².